The third-order valence-electron chi connectivity index (χ3n) is 2.57. The summed E-state index contributed by atoms with van der Waals surface area (Å²) in [4.78, 5) is 0. The van der Waals surface area contributed by atoms with Gasteiger partial charge in [0.25, 0.3) is 0 Å². The quantitative estimate of drug-likeness (QED) is 0.746. The van der Waals surface area contributed by atoms with E-state index in [0.717, 1.165) is 30.4 Å². The van der Waals surface area contributed by atoms with Gasteiger partial charge in [-0.05, 0) is 52.4 Å². The van der Waals surface area contributed by atoms with Crippen molar-refractivity contribution in [2.24, 2.45) is 5.73 Å². The van der Waals surface area contributed by atoms with E-state index in [9.17, 15) is 4.39 Å². The monoisotopic (exact) mass is 243 g/mol. The molecule has 1 unspecified atom stereocenters. The lowest BCUT2D eigenvalue weighted by Crippen LogP contribution is -2.18. The molecule has 0 bridgehead atoms. The molecule has 0 spiro atoms. The van der Waals surface area contributed by atoms with Crippen LogP contribution in [0.2, 0.25) is 0 Å². The third-order valence-corrected chi connectivity index (χ3v) is 3.19. The number of halogens is 2. The van der Waals surface area contributed by atoms with Crippen LogP contribution in [-0.2, 0) is 6.42 Å². The molecule has 1 aromatic carbocycles. The second kappa shape index (κ2) is 3.39. The molecule has 1 nitrogen and oxygen atoms in total. The molecule has 70 valence electrons. The van der Waals surface area contributed by atoms with Crippen LogP contribution in [0.5, 0.6) is 0 Å². The first kappa shape index (κ1) is 9.16. The summed E-state index contributed by atoms with van der Waals surface area (Å²) in [6.07, 6.45) is 2.77. The van der Waals surface area contributed by atoms with Gasteiger partial charge in [-0.15, -0.1) is 0 Å². The van der Waals surface area contributed by atoms with Crippen molar-refractivity contribution in [2.45, 2.75) is 25.3 Å². The zero-order valence-electron chi connectivity index (χ0n) is 7.19. The highest BCUT2D eigenvalue weighted by Gasteiger charge is 2.20. The lowest BCUT2D eigenvalue weighted by Gasteiger charge is -2.22. The fourth-order valence-electron chi connectivity index (χ4n) is 1.86. The summed E-state index contributed by atoms with van der Waals surface area (Å²) >= 11 is 3.18. The molecular formula is C10H11BrFN. The number of hydrogen-bond acceptors (Lipinski definition) is 1. The van der Waals surface area contributed by atoms with Crippen molar-refractivity contribution in [1.82, 2.24) is 0 Å². The molecule has 1 aliphatic carbocycles. The Labute approximate surface area is 85.3 Å². The largest absolute Gasteiger partial charge is 0.324 e. The molecule has 1 atom stereocenters. The highest BCUT2D eigenvalue weighted by atomic mass is 79.9. The summed E-state index contributed by atoms with van der Waals surface area (Å²) in [6.45, 7) is 0. The second-order valence-electron chi connectivity index (χ2n) is 3.43. The average molecular weight is 244 g/mol. The first-order chi connectivity index (χ1) is 6.20. The number of nitrogens with two attached hydrogens (primary N) is 1. The molecule has 0 aliphatic heterocycles. The Hall–Kier alpha value is -0.410. The Morgan fingerprint density at radius 1 is 1.46 bits per heavy atom. The van der Waals surface area contributed by atoms with Crippen LogP contribution in [0.4, 0.5) is 4.39 Å². The predicted octanol–water partition coefficient (Wildman–Crippen LogP) is 2.92. The van der Waals surface area contributed by atoms with Crippen LogP contribution in [0.15, 0.2) is 16.6 Å². The van der Waals surface area contributed by atoms with Gasteiger partial charge in [-0.25, -0.2) is 4.39 Å². The van der Waals surface area contributed by atoms with Gasteiger partial charge in [0.15, 0.2) is 0 Å². The maximum Gasteiger partial charge on any atom is 0.140 e. The smallest absolute Gasteiger partial charge is 0.140 e. The molecule has 2 rings (SSSR count). The fourth-order valence-corrected chi connectivity index (χ4v) is 2.23. The molecular weight excluding hydrogens is 233 g/mol. The number of fused-ring (bicyclic) bond motifs is 1. The Bertz CT molecular complexity index is 338. The van der Waals surface area contributed by atoms with Crippen LogP contribution >= 0.6 is 15.9 Å². The average Bonchev–Trinajstić information content (AvgIpc) is 2.12. The summed E-state index contributed by atoms with van der Waals surface area (Å²) in [5.41, 5.74) is 7.66. The first-order valence-corrected chi connectivity index (χ1v) is 5.22. The maximum atomic E-state index is 13.6. The van der Waals surface area contributed by atoms with Gasteiger partial charge in [-0.1, -0.05) is 6.07 Å². The maximum absolute atomic E-state index is 13.6. The van der Waals surface area contributed by atoms with Crippen molar-refractivity contribution >= 4 is 15.9 Å². The van der Waals surface area contributed by atoms with E-state index in [2.05, 4.69) is 15.9 Å². The molecule has 0 radical (unpaired) electrons. The van der Waals surface area contributed by atoms with Crippen molar-refractivity contribution in [3.05, 3.63) is 33.5 Å². The zero-order chi connectivity index (χ0) is 9.42. The van der Waals surface area contributed by atoms with E-state index < -0.39 is 0 Å². The van der Waals surface area contributed by atoms with E-state index in [1.807, 2.05) is 6.07 Å². The van der Waals surface area contributed by atoms with E-state index in [1.54, 1.807) is 6.07 Å². The minimum absolute atomic E-state index is 0.0198. The van der Waals surface area contributed by atoms with Crippen LogP contribution in [0.3, 0.4) is 0 Å². The van der Waals surface area contributed by atoms with Gasteiger partial charge in [0.1, 0.15) is 5.82 Å². The molecule has 1 aromatic rings. The van der Waals surface area contributed by atoms with E-state index >= 15 is 0 Å². The normalized spacial score (nSPS) is 21.3. The molecule has 0 amide bonds. The first-order valence-electron chi connectivity index (χ1n) is 4.42. The van der Waals surface area contributed by atoms with Gasteiger partial charge in [-0.3, -0.25) is 0 Å². The summed E-state index contributed by atoms with van der Waals surface area (Å²) in [5, 5.41) is 0. The molecule has 2 N–H and O–H groups in total. The minimum Gasteiger partial charge on any atom is -0.324 e. The Morgan fingerprint density at radius 3 is 3.00 bits per heavy atom. The number of hydrogen-bond donors (Lipinski definition) is 1. The number of rotatable bonds is 0. The molecule has 0 fully saturated rings. The van der Waals surface area contributed by atoms with Crippen molar-refractivity contribution in [1.29, 1.82) is 0 Å². The van der Waals surface area contributed by atoms with Gasteiger partial charge >= 0.3 is 0 Å². The number of benzene rings is 1. The van der Waals surface area contributed by atoms with Gasteiger partial charge < -0.3 is 5.73 Å². The Balaban J connectivity index is 2.56. The standard InChI is InChI=1S/C10H11BrFN/c11-8-5-4-6-7(10(8)12)2-1-3-9(6)13/h4-5,9H,1-3,13H2. The summed E-state index contributed by atoms with van der Waals surface area (Å²) in [7, 11) is 0. The molecule has 0 saturated carbocycles. The van der Waals surface area contributed by atoms with Crippen LogP contribution in [0, 0.1) is 5.82 Å². The molecule has 3 heteroatoms. The predicted molar refractivity (Wildman–Crippen MR) is 54.0 cm³/mol. The van der Waals surface area contributed by atoms with Gasteiger partial charge in [0.2, 0.25) is 0 Å². The van der Waals surface area contributed by atoms with E-state index in [4.69, 9.17) is 5.73 Å². The fraction of sp³-hybridized carbons (Fsp3) is 0.400. The highest BCUT2D eigenvalue weighted by Crippen LogP contribution is 2.32. The van der Waals surface area contributed by atoms with Crippen LogP contribution in [0.1, 0.15) is 30.0 Å². The van der Waals surface area contributed by atoms with Crippen LogP contribution < -0.4 is 5.73 Å². The SMILES string of the molecule is NC1CCCc2c1ccc(Br)c2F. The lowest BCUT2D eigenvalue weighted by atomic mass is 9.88. The van der Waals surface area contributed by atoms with E-state index in [0.29, 0.717) is 4.47 Å². The summed E-state index contributed by atoms with van der Waals surface area (Å²) < 4.78 is 14.1. The molecule has 0 aromatic heterocycles. The third kappa shape index (κ3) is 1.51. The Morgan fingerprint density at radius 2 is 2.23 bits per heavy atom. The molecule has 13 heavy (non-hydrogen) atoms. The van der Waals surface area contributed by atoms with Gasteiger partial charge in [-0.2, -0.15) is 0 Å². The zero-order valence-corrected chi connectivity index (χ0v) is 8.77. The Kier molecular flexibility index (Phi) is 2.39. The van der Waals surface area contributed by atoms with Crippen LogP contribution in [-0.4, -0.2) is 0 Å². The van der Waals surface area contributed by atoms with Gasteiger partial charge in [0, 0.05) is 6.04 Å². The summed E-state index contributed by atoms with van der Waals surface area (Å²) in [6, 6.07) is 3.68. The van der Waals surface area contributed by atoms with Crippen molar-refractivity contribution in [3.63, 3.8) is 0 Å². The van der Waals surface area contributed by atoms with Gasteiger partial charge in [0.05, 0.1) is 4.47 Å². The summed E-state index contributed by atoms with van der Waals surface area (Å²) in [5.74, 6) is -0.132. The van der Waals surface area contributed by atoms with E-state index in [-0.39, 0.29) is 11.9 Å². The highest BCUT2D eigenvalue weighted by molar-refractivity contribution is 9.10. The molecule has 1 aliphatic rings. The topological polar surface area (TPSA) is 26.0 Å². The molecule has 0 saturated heterocycles. The second-order valence-corrected chi connectivity index (χ2v) is 4.28. The lowest BCUT2D eigenvalue weighted by molar-refractivity contribution is 0.529. The minimum atomic E-state index is -0.132. The van der Waals surface area contributed by atoms with Crippen molar-refractivity contribution in [2.75, 3.05) is 0 Å². The molecule has 0 heterocycles. The van der Waals surface area contributed by atoms with E-state index in [1.165, 1.54) is 0 Å². The van der Waals surface area contributed by atoms with Crippen molar-refractivity contribution < 1.29 is 4.39 Å². The van der Waals surface area contributed by atoms with Crippen molar-refractivity contribution in [3.8, 4) is 0 Å². The van der Waals surface area contributed by atoms with Crippen LogP contribution in [0.25, 0.3) is 0 Å².